The molecule has 1 rings (SSSR count). The van der Waals surface area contributed by atoms with Gasteiger partial charge < -0.3 is 10.1 Å². The number of hydrogen-bond donors (Lipinski definition) is 1. The maximum atomic E-state index is 12.3. The fraction of sp³-hybridized carbons (Fsp3) is 0.667. The van der Waals surface area contributed by atoms with Crippen LogP contribution in [-0.4, -0.2) is 36.3 Å². The van der Waals surface area contributed by atoms with Gasteiger partial charge in [0, 0.05) is 18.5 Å². The Morgan fingerprint density at radius 3 is 2.65 bits per heavy atom. The van der Waals surface area contributed by atoms with Gasteiger partial charge in [-0.15, -0.1) is 0 Å². The summed E-state index contributed by atoms with van der Waals surface area (Å²) in [6.07, 6.45) is 1.60. The second-order valence-electron chi connectivity index (χ2n) is 4.42. The Labute approximate surface area is 102 Å². The van der Waals surface area contributed by atoms with Gasteiger partial charge in [0.05, 0.1) is 13.3 Å². The van der Waals surface area contributed by atoms with E-state index in [1.165, 1.54) is 0 Å². The van der Waals surface area contributed by atoms with Crippen molar-refractivity contribution >= 4 is 5.78 Å². The Hall–Kier alpha value is -1.36. The molecule has 17 heavy (non-hydrogen) atoms. The number of rotatable bonds is 6. The molecule has 1 N–H and O–H groups in total. The molecule has 0 radical (unpaired) electrons. The van der Waals surface area contributed by atoms with Crippen molar-refractivity contribution in [2.24, 2.45) is 5.92 Å². The van der Waals surface area contributed by atoms with Crippen LogP contribution in [0, 0.1) is 5.92 Å². The maximum absolute atomic E-state index is 12.3. The molecule has 5 nitrogen and oxygen atoms in total. The standard InChI is InChI=1S/C12H21N3O2/c1-8(2)15-11(10(17-5)7-14-15)12(16)9(3)6-13-4/h7-9,13H,6H2,1-5H3. The van der Waals surface area contributed by atoms with Crippen molar-refractivity contribution in [3.63, 3.8) is 0 Å². The second-order valence-corrected chi connectivity index (χ2v) is 4.42. The van der Waals surface area contributed by atoms with Gasteiger partial charge in [0.1, 0.15) is 5.69 Å². The second kappa shape index (κ2) is 5.82. The lowest BCUT2D eigenvalue weighted by Gasteiger charge is -2.14. The number of carbonyl (C=O) groups is 1. The minimum atomic E-state index is -0.0944. The molecule has 0 spiro atoms. The van der Waals surface area contributed by atoms with E-state index in [-0.39, 0.29) is 17.7 Å². The van der Waals surface area contributed by atoms with Crippen LogP contribution in [0.15, 0.2) is 6.20 Å². The predicted octanol–water partition coefficient (Wildman–Crippen LogP) is 1.51. The van der Waals surface area contributed by atoms with Crippen LogP contribution in [-0.2, 0) is 0 Å². The molecular weight excluding hydrogens is 218 g/mol. The number of ketones is 1. The molecule has 1 unspecified atom stereocenters. The average Bonchev–Trinajstić information content (AvgIpc) is 2.71. The zero-order chi connectivity index (χ0) is 13.0. The van der Waals surface area contributed by atoms with E-state index in [4.69, 9.17) is 4.74 Å². The molecule has 5 heteroatoms. The predicted molar refractivity (Wildman–Crippen MR) is 66.6 cm³/mol. The van der Waals surface area contributed by atoms with Crippen molar-refractivity contribution < 1.29 is 9.53 Å². The summed E-state index contributed by atoms with van der Waals surface area (Å²) < 4.78 is 6.92. The molecular formula is C12H21N3O2. The summed E-state index contributed by atoms with van der Waals surface area (Å²) in [5.74, 6) is 0.511. The van der Waals surface area contributed by atoms with Crippen LogP contribution >= 0.6 is 0 Å². The lowest BCUT2D eigenvalue weighted by molar-refractivity contribution is 0.0914. The van der Waals surface area contributed by atoms with Gasteiger partial charge in [0.15, 0.2) is 11.5 Å². The van der Waals surface area contributed by atoms with Crippen LogP contribution in [0.2, 0.25) is 0 Å². The largest absolute Gasteiger partial charge is 0.493 e. The fourth-order valence-corrected chi connectivity index (χ4v) is 1.75. The summed E-state index contributed by atoms with van der Waals surface area (Å²) in [5.41, 5.74) is 0.560. The highest BCUT2D eigenvalue weighted by molar-refractivity contribution is 5.98. The van der Waals surface area contributed by atoms with Crippen molar-refractivity contribution in [2.45, 2.75) is 26.8 Å². The quantitative estimate of drug-likeness (QED) is 0.765. The molecule has 1 heterocycles. The number of methoxy groups -OCH3 is 1. The summed E-state index contributed by atoms with van der Waals surface area (Å²) in [7, 11) is 3.39. The van der Waals surface area contributed by atoms with E-state index in [0.717, 1.165) is 0 Å². The Kier molecular flexibility index (Phi) is 4.69. The summed E-state index contributed by atoms with van der Waals surface area (Å²) in [5, 5.41) is 7.21. The Balaban J connectivity index is 3.09. The van der Waals surface area contributed by atoms with Gasteiger partial charge in [-0.25, -0.2) is 0 Å². The normalized spacial score (nSPS) is 12.8. The zero-order valence-corrected chi connectivity index (χ0v) is 11.2. The third-order valence-corrected chi connectivity index (χ3v) is 2.66. The Bertz CT molecular complexity index is 385. The molecule has 0 aliphatic carbocycles. The highest BCUT2D eigenvalue weighted by Crippen LogP contribution is 2.23. The SMILES string of the molecule is CNCC(C)C(=O)c1c(OC)cnn1C(C)C. The number of ether oxygens (including phenoxy) is 1. The molecule has 1 atom stereocenters. The zero-order valence-electron chi connectivity index (χ0n) is 11.2. The maximum Gasteiger partial charge on any atom is 0.188 e. The van der Waals surface area contributed by atoms with Crippen LogP contribution in [0.4, 0.5) is 0 Å². The third kappa shape index (κ3) is 2.85. The molecule has 0 saturated heterocycles. The number of carbonyl (C=O) groups excluding carboxylic acids is 1. The van der Waals surface area contributed by atoms with E-state index in [0.29, 0.717) is 18.0 Å². The average molecular weight is 239 g/mol. The van der Waals surface area contributed by atoms with E-state index in [1.54, 1.807) is 18.0 Å². The monoisotopic (exact) mass is 239 g/mol. The van der Waals surface area contributed by atoms with Gasteiger partial charge in [0.2, 0.25) is 0 Å². The first kappa shape index (κ1) is 13.7. The third-order valence-electron chi connectivity index (χ3n) is 2.66. The Morgan fingerprint density at radius 2 is 2.18 bits per heavy atom. The van der Waals surface area contributed by atoms with Gasteiger partial charge >= 0.3 is 0 Å². The number of aromatic nitrogens is 2. The minimum Gasteiger partial charge on any atom is -0.493 e. The van der Waals surface area contributed by atoms with E-state index in [2.05, 4.69) is 10.4 Å². The molecule has 1 aromatic heterocycles. The van der Waals surface area contributed by atoms with Crippen LogP contribution in [0.5, 0.6) is 5.75 Å². The van der Waals surface area contributed by atoms with E-state index < -0.39 is 0 Å². The smallest absolute Gasteiger partial charge is 0.188 e. The van der Waals surface area contributed by atoms with Crippen molar-refractivity contribution in [3.05, 3.63) is 11.9 Å². The van der Waals surface area contributed by atoms with Gasteiger partial charge in [0.25, 0.3) is 0 Å². The van der Waals surface area contributed by atoms with Gasteiger partial charge in [-0.2, -0.15) is 5.10 Å². The number of hydrogen-bond acceptors (Lipinski definition) is 4. The van der Waals surface area contributed by atoms with E-state index >= 15 is 0 Å². The van der Waals surface area contributed by atoms with Gasteiger partial charge in [-0.3, -0.25) is 9.48 Å². The number of Topliss-reactive ketones (excluding diaryl/α,β-unsaturated/α-hetero) is 1. The van der Waals surface area contributed by atoms with Crippen LogP contribution < -0.4 is 10.1 Å². The number of nitrogens with one attached hydrogen (secondary N) is 1. The van der Waals surface area contributed by atoms with Crippen LogP contribution in [0.25, 0.3) is 0 Å². The molecule has 0 fully saturated rings. The molecule has 96 valence electrons. The minimum absolute atomic E-state index is 0.0578. The fourth-order valence-electron chi connectivity index (χ4n) is 1.75. The van der Waals surface area contributed by atoms with Crippen LogP contribution in [0.1, 0.15) is 37.3 Å². The Morgan fingerprint density at radius 1 is 1.53 bits per heavy atom. The summed E-state index contributed by atoms with van der Waals surface area (Å²) >= 11 is 0. The summed E-state index contributed by atoms with van der Waals surface area (Å²) in [4.78, 5) is 12.3. The highest BCUT2D eigenvalue weighted by atomic mass is 16.5. The van der Waals surface area contributed by atoms with Gasteiger partial charge in [-0.05, 0) is 20.9 Å². The summed E-state index contributed by atoms with van der Waals surface area (Å²) in [6, 6.07) is 0.139. The molecule has 0 saturated carbocycles. The molecule has 0 bridgehead atoms. The highest BCUT2D eigenvalue weighted by Gasteiger charge is 2.24. The summed E-state index contributed by atoms with van der Waals surface area (Å²) in [6.45, 7) is 6.53. The lowest BCUT2D eigenvalue weighted by Crippen LogP contribution is -2.26. The molecule has 1 aromatic rings. The molecule has 0 aliphatic heterocycles. The molecule has 0 amide bonds. The topological polar surface area (TPSA) is 56.1 Å². The van der Waals surface area contributed by atoms with Crippen molar-refractivity contribution in [1.82, 2.24) is 15.1 Å². The van der Waals surface area contributed by atoms with Crippen molar-refractivity contribution in [1.29, 1.82) is 0 Å². The number of nitrogens with zero attached hydrogens (tertiary/aromatic N) is 2. The molecule has 0 aromatic carbocycles. The first-order chi connectivity index (χ1) is 8.02. The van der Waals surface area contributed by atoms with Crippen molar-refractivity contribution in [2.75, 3.05) is 20.7 Å². The van der Waals surface area contributed by atoms with Crippen molar-refractivity contribution in [3.8, 4) is 5.75 Å². The van der Waals surface area contributed by atoms with Crippen LogP contribution in [0.3, 0.4) is 0 Å². The first-order valence-corrected chi connectivity index (χ1v) is 5.83. The lowest BCUT2D eigenvalue weighted by atomic mass is 10.0. The van der Waals surface area contributed by atoms with E-state index in [1.807, 2.05) is 27.8 Å². The molecule has 0 aliphatic rings. The van der Waals surface area contributed by atoms with E-state index in [9.17, 15) is 4.79 Å². The van der Waals surface area contributed by atoms with Gasteiger partial charge in [-0.1, -0.05) is 6.92 Å². The first-order valence-electron chi connectivity index (χ1n) is 5.83.